The fourth-order valence-corrected chi connectivity index (χ4v) is 3.82. The summed E-state index contributed by atoms with van der Waals surface area (Å²) in [5.41, 5.74) is 1.86. The molecule has 0 saturated carbocycles. The Labute approximate surface area is 117 Å². The predicted molar refractivity (Wildman–Crippen MR) is 79.2 cm³/mol. The van der Waals surface area contributed by atoms with Gasteiger partial charge in [0.25, 0.3) is 0 Å². The summed E-state index contributed by atoms with van der Waals surface area (Å²) in [5, 5.41) is 2.36. The molecule has 0 aliphatic heterocycles. The average molecular weight is 296 g/mol. The highest BCUT2D eigenvalue weighted by Crippen LogP contribution is 2.21. The van der Waals surface area contributed by atoms with E-state index in [0.717, 1.165) is 11.3 Å². The van der Waals surface area contributed by atoms with Crippen LogP contribution in [0.1, 0.15) is 11.3 Å². The molecular weight excluding hydrogens is 280 g/mol. The van der Waals surface area contributed by atoms with Crippen molar-refractivity contribution in [2.75, 3.05) is 17.1 Å². The zero-order valence-corrected chi connectivity index (χ0v) is 12.5. The van der Waals surface area contributed by atoms with Crippen molar-refractivity contribution in [3.05, 3.63) is 47.0 Å². The molecule has 2 rings (SSSR count). The van der Waals surface area contributed by atoms with Gasteiger partial charge in [-0.25, -0.2) is 17.7 Å². The van der Waals surface area contributed by atoms with Crippen molar-refractivity contribution < 1.29 is 8.42 Å². The molecule has 2 aromatic rings. The second-order valence-corrected chi connectivity index (χ2v) is 7.25. The molecule has 0 unspecified atom stereocenters. The number of benzene rings is 1. The first-order valence-electron chi connectivity index (χ1n) is 5.92. The van der Waals surface area contributed by atoms with Crippen LogP contribution in [0, 0.1) is 6.92 Å². The van der Waals surface area contributed by atoms with Gasteiger partial charge >= 0.3 is 0 Å². The van der Waals surface area contributed by atoms with E-state index < -0.39 is 10.0 Å². The van der Waals surface area contributed by atoms with E-state index in [1.165, 1.54) is 15.6 Å². The highest BCUT2D eigenvalue weighted by molar-refractivity contribution is 7.92. The number of aryl methyl sites for hydroxylation is 2. The number of hydrogen-bond donors (Lipinski definition) is 0. The summed E-state index contributed by atoms with van der Waals surface area (Å²) in [6.45, 7) is 1.85. The van der Waals surface area contributed by atoms with Gasteiger partial charge in [-0.1, -0.05) is 30.3 Å². The van der Waals surface area contributed by atoms with Gasteiger partial charge in [0.2, 0.25) is 10.0 Å². The molecule has 0 bridgehead atoms. The van der Waals surface area contributed by atoms with Crippen molar-refractivity contribution in [3.63, 3.8) is 0 Å². The first-order valence-corrected chi connectivity index (χ1v) is 8.40. The summed E-state index contributed by atoms with van der Waals surface area (Å²) in [7, 11) is -1.76. The van der Waals surface area contributed by atoms with Gasteiger partial charge in [-0.15, -0.1) is 11.3 Å². The monoisotopic (exact) mass is 296 g/mol. The minimum Gasteiger partial charge on any atom is -0.248 e. The molecule has 6 heteroatoms. The molecule has 1 aromatic carbocycles. The summed E-state index contributed by atoms with van der Waals surface area (Å²) in [5.74, 6) is 0.0894. The number of sulfonamides is 1. The topological polar surface area (TPSA) is 50.3 Å². The van der Waals surface area contributed by atoms with Crippen molar-refractivity contribution >= 4 is 26.5 Å². The fourth-order valence-electron chi connectivity index (χ4n) is 1.63. The van der Waals surface area contributed by atoms with E-state index >= 15 is 0 Å². The molecule has 0 amide bonds. The maximum absolute atomic E-state index is 12.2. The van der Waals surface area contributed by atoms with Gasteiger partial charge in [0.1, 0.15) is 0 Å². The summed E-state index contributed by atoms with van der Waals surface area (Å²) < 4.78 is 25.7. The smallest absolute Gasteiger partial charge is 0.237 e. The van der Waals surface area contributed by atoms with Crippen LogP contribution < -0.4 is 4.31 Å². The summed E-state index contributed by atoms with van der Waals surface area (Å²) in [6, 6.07) is 9.61. The summed E-state index contributed by atoms with van der Waals surface area (Å²) >= 11 is 1.34. The summed E-state index contributed by atoms with van der Waals surface area (Å²) in [6.07, 6.45) is 0.512. The average Bonchev–Trinajstić information content (AvgIpc) is 2.83. The van der Waals surface area contributed by atoms with Gasteiger partial charge in [0, 0.05) is 12.4 Å². The molecule has 1 heterocycles. The molecule has 102 valence electrons. The van der Waals surface area contributed by atoms with Gasteiger partial charge in [-0.3, -0.25) is 0 Å². The van der Waals surface area contributed by atoms with E-state index in [9.17, 15) is 8.42 Å². The van der Waals surface area contributed by atoms with E-state index in [0.29, 0.717) is 11.6 Å². The number of rotatable bonds is 5. The van der Waals surface area contributed by atoms with Crippen LogP contribution in [-0.2, 0) is 16.4 Å². The Morgan fingerprint density at radius 3 is 2.53 bits per heavy atom. The van der Waals surface area contributed by atoms with E-state index in [1.54, 1.807) is 7.05 Å². The van der Waals surface area contributed by atoms with E-state index in [4.69, 9.17) is 0 Å². The van der Waals surface area contributed by atoms with Crippen molar-refractivity contribution in [3.8, 4) is 0 Å². The first kappa shape index (κ1) is 14.0. The minimum absolute atomic E-state index is 0.0894. The lowest BCUT2D eigenvalue weighted by atomic mass is 10.2. The Kier molecular flexibility index (Phi) is 4.21. The maximum Gasteiger partial charge on any atom is 0.237 e. The maximum atomic E-state index is 12.2. The number of aromatic nitrogens is 1. The number of hydrogen-bond acceptors (Lipinski definition) is 4. The Balaban J connectivity index is 2.06. The van der Waals surface area contributed by atoms with Crippen molar-refractivity contribution in [1.82, 2.24) is 4.98 Å². The third kappa shape index (κ3) is 3.54. The van der Waals surface area contributed by atoms with E-state index in [2.05, 4.69) is 4.98 Å². The summed E-state index contributed by atoms with van der Waals surface area (Å²) in [4.78, 5) is 4.20. The number of thiazole rings is 1. The fraction of sp³-hybridized carbons (Fsp3) is 0.308. The van der Waals surface area contributed by atoms with Crippen LogP contribution in [0.4, 0.5) is 5.13 Å². The van der Waals surface area contributed by atoms with Crippen LogP contribution in [0.2, 0.25) is 0 Å². The van der Waals surface area contributed by atoms with Crippen molar-refractivity contribution in [1.29, 1.82) is 0 Å². The SMILES string of the molecule is Cc1csc(N(C)S(=O)(=O)CCc2ccccc2)n1. The van der Waals surface area contributed by atoms with Gasteiger partial charge in [0.15, 0.2) is 5.13 Å². The normalized spacial score (nSPS) is 11.5. The molecule has 0 aliphatic carbocycles. The van der Waals surface area contributed by atoms with Crippen molar-refractivity contribution in [2.24, 2.45) is 0 Å². The predicted octanol–water partition coefficient (Wildman–Crippen LogP) is 2.46. The lowest BCUT2D eigenvalue weighted by molar-refractivity contribution is 0.593. The number of nitrogens with zero attached hydrogens (tertiary/aromatic N) is 2. The molecular formula is C13H16N2O2S2. The molecule has 0 spiro atoms. The van der Waals surface area contributed by atoms with E-state index in [-0.39, 0.29) is 5.75 Å². The van der Waals surface area contributed by atoms with E-state index in [1.807, 2.05) is 42.6 Å². The van der Waals surface area contributed by atoms with Gasteiger partial charge in [-0.2, -0.15) is 0 Å². The Morgan fingerprint density at radius 2 is 1.95 bits per heavy atom. The Hall–Kier alpha value is -1.40. The van der Waals surface area contributed by atoms with Gasteiger partial charge < -0.3 is 0 Å². The Morgan fingerprint density at radius 1 is 1.26 bits per heavy atom. The largest absolute Gasteiger partial charge is 0.248 e. The zero-order chi connectivity index (χ0) is 13.9. The lowest BCUT2D eigenvalue weighted by Crippen LogP contribution is -2.29. The molecule has 19 heavy (non-hydrogen) atoms. The second-order valence-electron chi connectivity index (χ2n) is 4.29. The quantitative estimate of drug-likeness (QED) is 0.851. The molecule has 0 saturated heterocycles. The minimum atomic E-state index is -3.32. The van der Waals surface area contributed by atoms with Crippen molar-refractivity contribution in [2.45, 2.75) is 13.3 Å². The van der Waals surface area contributed by atoms with Crippen LogP contribution in [0.15, 0.2) is 35.7 Å². The molecule has 0 N–H and O–H groups in total. The number of anilines is 1. The van der Waals surface area contributed by atoms with Gasteiger partial charge in [-0.05, 0) is 18.9 Å². The third-order valence-corrected chi connectivity index (χ3v) is 5.66. The molecule has 0 fully saturated rings. The third-order valence-electron chi connectivity index (χ3n) is 2.79. The van der Waals surface area contributed by atoms with Crippen LogP contribution >= 0.6 is 11.3 Å². The molecule has 0 radical (unpaired) electrons. The standard InChI is InChI=1S/C13H16N2O2S2/c1-11-10-18-13(14-11)15(2)19(16,17)9-8-12-6-4-3-5-7-12/h3-7,10H,8-9H2,1-2H3. The zero-order valence-electron chi connectivity index (χ0n) is 10.9. The molecule has 0 aliphatic rings. The highest BCUT2D eigenvalue weighted by Gasteiger charge is 2.20. The second kappa shape index (κ2) is 5.71. The van der Waals surface area contributed by atoms with Crippen LogP contribution in [0.3, 0.4) is 0 Å². The van der Waals surface area contributed by atoms with Crippen LogP contribution in [0.5, 0.6) is 0 Å². The van der Waals surface area contributed by atoms with Crippen LogP contribution in [0.25, 0.3) is 0 Å². The Bertz CT molecular complexity index is 636. The molecule has 4 nitrogen and oxygen atoms in total. The first-order chi connectivity index (χ1) is 8.99. The lowest BCUT2D eigenvalue weighted by Gasteiger charge is -2.16. The van der Waals surface area contributed by atoms with Crippen LogP contribution in [-0.4, -0.2) is 26.2 Å². The highest BCUT2D eigenvalue weighted by atomic mass is 32.2. The molecule has 0 atom stereocenters. The van der Waals surface area contributed by atoms with Gasteiger partial charge in [0.05, 0.1) is 11.4 Å². The molecule has 1 aromatic heterocycles.